The van der Waals surface area contributed by atoms with Gasteiger partial charge >= 0.3 is 0 Å². The minimum atomic E-state index is -3.29. The van der Waals surface area contributed by atoms with E-state index in [0.29, 0.717) is 25.0 Å². The van der Waals surface area contributed by atoms with E-state index in [1.165, 1.54) is 12.8 Å². The average molecular weight is 275 g/mol. The number of rotatable bonds is 4. The Bertz CT molecular complexity index is 364. The van der Waals surface area contributed by atoms with Gasteiger partial charge in [0.05, 0.1) is 0 Å². The molecule has 2 aliphatic heterocycles. The molecule has 2 unspecified atom stereocenters. The molecule has 2 aliphatic rings. The van der Waals surface area contributed by atoms with E-state index in [4.69, 9.17) is 0 Å². The van der Waals surface area contributed by atoms with Crippen LogP contribution in [0.5, 0.6) is 0 Å². The fourth-order valence-corrected chi connectivity index (χ4v) is 4.51. The molecule has 18 heavy (non-hydrogen) atoms. The van der Waals surface area contributed by atoms with E-state index < -0.39 is 10.2 Å². The first kappa shape index (κ1) is 14.2. The van der Waals surface area contributed by atoms with Gasteiger partial charge < -0.3 is 5.32 Å². The van der Waals surface area contributed by atoms with Crippen LogP contribution < -0.4 is 10.0 Å². The lowest BCUT2D eigenvalue weighted by molar-refractivity contribution is 0.224. The third kappa shape index (κ3) is 3.44. The van der Waals surface area contributed by atoms with Crippen LogP contribution in [0, 0.1) is 5.92 Å². The molecule has 2 saturated heterocycles. The Balaban J connectivity index is 1.97. The lowest BCUT2D eigenvalue weighted by Crippen LogP contribution is -2.50. The highest BCUT2D eigenvalue weighted by molar-refractivity contribution is 7.87. The van der Waals surface area contributed by atoms with Gasteiger partial charge in [-0.15, -0.1) is 0 Å². The Morgan fingerprint density at radius 3 is 2.67 bits per heavy atom. The van der Waals surface area contributed by atoms with E-state index in [9.17, 15) is 8.42 Å². The molecule has 2 heterocycles. The van der Waals surface area contributed by atoms with Crippen LogP contribution in [0.1, 0.15) is 39.5 Å². The Kier molecular flexibility index (Phi) is 4.64. The van der Waals surface area contributed by atoms with E-state index in [2.05, 4.69) is 10.0 Å². The van der Waals surface area contributed by atoms with Crippen molar-refractivity contribution in [3.8, 4) is 0 Å². The van der Waals surface area contributed by atoms with Gasteiger partial charge in [-0.3, -0.25) is 0 Å². The van der Waals surface area contributed by atoms with Gasteiger partial charge in [-0.2, -0.15) is 17.4 Å². The molecule has 2 atom stereocenters. The first-order valence-electron chi connectivity index (χ1n) is 7.00. The molecule has 2 fully saturated rings. The van der Waals surface area contributed by atoms with Crippen LogP contribution in [-0.2, 0) is 10.2 Å². The number of hydrogen-bond acceptors (Lipinski definition) is 3. The summed E-state index contributed by atoms with van der Waals surface area (Å²) >= 11 is 0. The van der Waals surface area contributed by atoms with Gasteiger partial charge in [0.25, 0.3) is 10.2 Å². The molecule has 0 amide bonds. The summed E-state index contributed by atoms with van der Waals surface area (Å²) in [4.78, 5) is 0. The highest BCUT2D eigenvalue weighted by atomic mass is 32.2. The number of piperidine rings is 1. The lowest BCUT2D eigenvalue weighted by Gasteiger charge is -2.35. The minimum absolute atomic E-state index is 0.0417. The summed E-state index contributed by atoms with van der Waals surface area (Å²) in [6.45, 7) is 6.12. The monoisotopic (exact) mass is 275 g/mol. The highest BCUT2D eigenvalue weighted by Gasteiger charge is 2.33. The number of nitrogens with one attached hydrogen (secondary N) is 2. The summed E-state index contributed by atoms with van der Waals surface area (Å²) in [7, 11) is -3.29. The number of nitrogens with zero attached hydrogens (tertiary/aromatic N) is 1. The predicted molar refractivity (Wildman–Crippen MR) is 72.5 cm³/mol. The van der Waals surface area contributed by atoms with E-state index in [1.807, 2.05) is 13.8 Å². The maximum absolute atomic E-state index is 12.2. The SMILES string of the molecule is CC(C)NS(=O)(=O)N1CCCC(C2CCCN2)C1. The average Bonchev–Trinajstić information content (AvgIpc) is 2.81. The molecule has 0 spiro atoms. The van der Waals surface area contributed by atoms with Crippen LogP contribution in [-0.4, -0.2) is 44.4 Å². The van der Waals surface area contributed by atoms with Gasteiger partial charge in [0.1, 0.15) is 0 Å². The molecule has 0 saturated carbocycles. The maximum Gasteiger partial charge on any atom is 0.279 e. The van der Waals surface area contributed by atoms with Crippen LogP contribution in [0.4, 0.5) is 0 Å². The van der Waals surface area contributed by atoms with Crippen LogP contribution >= 0.6 is 0 Å². The molecule has 0 radical (unpaired) electrons. The smallest absolute Gasteiger partial charge is 0.279 e. The second-order valence-corrected chi connectivity index (χ2v) is 7.44. The van der Waals surface area contributed by atoms with Crippen molar-refractivity contribution in [2.45, 2.75) is 51.6 Å². The Hall–Kier alpha value is -0.170. The van der Waals surface area contributed by atoms with Crippen LogP contribution in [0.2, 0.25) is 0 Å². The van der Waals surface area contributed by atoms with Crippen molar-refractivity contribution in [1.29, 1.82) is 0 Å². The molecule has 0 bridgehead atoms. The highest BCUT2D eigenvalue weighted by Crippen LogP contribution is 2.25. The van der Waals surface area contributed by atoms with E-state index in [-0.39, 0.29) is 6.04 Å². The zero-order valence-electron chi connectivity index (χ0n) is 11.4. The predicted octanol–water partition coefficient (Wildman–Crippen LogP) is 0.693. The standard InChI is InChI=1S/C12H25N3O2S/c1-10(2)14-18(16,17)15-8-4-5-11(9-15)12-6-3-7-13-12/h10-14H,3-9H2,1-2H3. The minimum Gasteiger partial charge on any atom is -0.314 e. The van der Waals surface area contributed by atoms with Crippen molar-refractivity contribution in [3.05, 3.63) is 0 Å². The van der Waals surface area contributed by atoms with Crippen molar-refractivity contribution >= 4 is 10.2 Å². The molecule has 6 heteroatoms. The second kappa shape index (κ2) is 5.86. The fraction of sp³-hybridized carbons (Fsp3) is 1.00. The van der Waals surface area contributed by atoms with E-state index in [0.717, 1.165) is 19.4 Å². The van der Waals surface area contributed by atoms with Gasteiger partial charge in [0.15, 0.2) is 0 Å². The normalized spacial score (nSPS) is 31.1. The molecule has 0 aromatic carbocycles. The van der Waals surface area contributed by atoms with E-state index >= 15 is 0 Å². The summed E-state index contributed by atoms with van der Waals surface area (Å²) < 4.78 is 28.6. The molecular weight excluding hydrogens is 250 g/mol. The molecule has 2 rings (SSSR count). The summed E-state index contributed by atoms with van der Waals surface area (Å²) in [5.74, 6) is 0.477. The summed E-state index contributed by atoms with van der Waals surface area (Å²) in [5.41, 5.74) is 0. The molecule has 5 nitrogen and oxygen atoms in total. The third-order valence-corrected chi connectivity index (χ3v) is 5.59. The van der Waals surface area contributed by atoms with Crippen LogP contribution in [0.3, 0.4) is 0 Å². The molecule has 0 aliphatic carbocycles. The zero-order chi connectivity index (χ0) is 13.2. The molecule has 0 aromatic heterocycles. The lowest BCUT2D eigenvalue weighted by atomic mass is 9.91. The van der Waals surface area contributed by atoms with Crippen molar-refractivity contribution in [2.75, 3.05) is 19.6 Å². The van der Waals surface area contributed by atoms with Gasteiger partial charge in [0.2, 0.25) is 0 Å². The second-order valence-electron chi connectivity index (χ2n) is 5.74. The number of hydrogen-bond donors (Lipinski definition) is 2. The maximum atomic E-state index is 12.2. The molecule has 106 valence electrons. The molecule has 2 N–H and O–H groups in total. The van der Waals surface area contributed by atoms with Crippen molar-refractivity contribution in [2.24, 2.45) is 5.92 Å². The summed E-state index contributed by atoms with van der Waals surface area (Å²) in [5, 5.41) is 3.50. The quantitative estimate of drug-likeness (QED) is 0.794. The first-order chi connectivity index (χ1) is 8.49. The first-order valence-corrected chi connectivity index (χ1v) is 8.44. The third-order valence-electron chi connectivity index (χ3n) is 3.81. The Morgan fingerprint density at radius 2 is 2.06 bits per heavy atom. The summed E-state index contributed by atoms with van der Waals surface area (Å²) in [6.07, 6.45) is 4.53. The summed E-state index contributed by atoms with van der Waals surface area (Å²) in [6, 6.07) is 0.474. The largest absolute Gasteiger partial charge is 0.314 e. The van der Waals surface area contributed by atoms with Crippen molar-refractivity contribution in [1.82, 2.24) is 14.3 Å². The van der Waals surface area contributed by atoms with E-state index in [1.54, 1.807) is 4.31 Å². The molecular formula is C12H25N3O2S. The van der Waals surface area contributed by atoms with Crippen LogP contribution in [0.25, 0.3) is 0 Å². The van der Waals surface area contributed by atoms with Gasteiger partial charge in [0, 0.05) is 25.2 Å². The zero-order valence-corrected chi connectivity index (χ0v) is 12.2. The topological polar surface area (TPSA) is 61.4 Å². The van der Waals surface area contributed by atoms with Gasteiger partial charge in [-0.25, -0.2) is 0 Å². The van der Waals surface area contributed by atoms with Crippen molar-refractivity contribution in [3.63, 3.8) is 0 Å². The van der Waals surface area contributed by atoms with Crippen LogP contribution in [0.15, 0.2) is 0 Å². The Morgan fingerprint density at radius 1 is 1.28 bits per heavy atom. The molecule has 0 aromatic rings. The fourth-order valence-electron chi connectivity index (χ4n) is 3.01. The Labute approximate surface area is 110 Å². The van der Waals surface area contributed by atoms with Crippen molar-refractivity contribution < 1.29 is 8.42 Å². The van der Waals surface area contributed by atoms with Gasteiger partial charge in [-0.05, 0) is 52.0 Å². The van der Waals surface area contributed by atoms with Gasteiger partial charge in [-0.1, -0.05) is 0 Å².